The highest BCUT2D eigenvalue weighted by atomic mass is 16.5. The fraction of sp³-hybridized carbons (Fsp3) is 0.429. The van der Waals surface area contributed by atoms with E-state index in [0.29, 0.717) is 36.6 Å². The van der Waals surface area contributed by atoms with Crippen molar-refractivity contribution in [2.75, 3.05) is 39.9 Å². The monoisotopic (exact) mass is 496 g/mol. The fourth-order valence-corrected chi connectivity index (χ4v) is 4.31. The first kappa shape index (κ1) is 27.1. The van der Waals surface area contributed by atoms with Crippen molar-refractivity contribution < 1.29 is 29.3 Å². The molecule has 8 heteroatoms. The summed E-state index contributed by atoms with van der Waals surface area (Å²) in [7, 11) is 1.43. The molecule has 0 bridgehead atoms. The lowest BCUT2D eigenvalue weighted by Crippen LogP contribution is -2.38. The van der Waals surface area contributed by atoms with Crippen LogP contribution < -0.4 is 9.47 Å². The van der Waals surface area contributed by atoms with Crippen molar-refractivity contribution in [3.05, 3.63) is 59.2 Å². The molecule has 3 rings (SSSR count). The predicted octanol–water partition coefficient (Wildman–Crippen LogP) is 4.34. The van der Waals surface area contributed by atoms with Gasteiger partial charge in [-0.25, -0.2) is 0 Å². The number of methoxy groups -OCH3 is 1. The molecule has 1 heterocycles. The highest BCUT2D eigenvalue weighted by Gasteiger charge is 2.46. The molecule has 1 fully saturated rings. The summed E-state index contributed by atoms with van der Waals surface area (Å²) in [4.78, 5) is 30.0. The summed E-state index contributed by atoms with van der Waals surface area (Å²) >= 11 is 0. The van der Waals surface area contributed by atoms with Crippen molar-refractivity contribution in [2.45, 2.75) is 39.7 Å². The van der Waals surface area contributed by atoms with Gasteiger partial charge >= 0.3 is 0 Å². The number of aromatic hydroxyl groups is 1. The number of rotatable bonds is 12. The van der Waals surface area contributed by atoms with Crippen LogP contribution in [-0.4, -0.2) is 71.6 Å². The van der Waals surface area contributed by atoms with Crippen LogP contribution in [0.15, 0.2) is 48.0 Å². The first-order valence-electron chi connectivity index (χ1n) is 12.5. The van der Waals surface area contributed by atoms with Gasteiger partial charge in [0.15, 0.2) is 11.5 Å². The van der Waals surface area contributed by atoms with Gasteiger partial charge in [-0.1, -0.05) is 33.3 Å². The van der Waals surface area contributed by atoms with Crippen LogP contribution in [0.1, 0.15) is 50.8 Å². The number of hydrogen-bond donors (Lipinski definition) is 2. The molecule has 0 radical (unpaired) electrons. The van der Waals surface area contributed by atoms with Crippen molar-refractivity contribution in [3.8, 4) is 17.2 Å². The van der Waals surface area contributed by atoms with Crippen LogP contribution in [0.2, 0.25) is 0 Å². The van der Waals surface area contributed by atoms with E-state index < -0.39 is 17.7 Å². The molecule has 2 aromatic carbocycles. The van der Waals surface area contributed by atoms with E-state index in [2.05, 4.69) is 11.8 Å². The molecule has 8 nitrogen and oxygen atoms in total. The molecule has 1 atom stereocenters. The standard InChI is InChI=1S/C28H36N2O6/c1-5-8-17-36-21-12-9-19(10-13-21)26(32)24-25(20-11-14-22(31)23(18-20)35-4)30(28(34)27(24)33)16-15-29(6-2)7-3/h9-14,18,25,31-32H,5-8,15-17H2,1-4H3/t25-/m1/s1. The number of ketones is 1. The lowest BCUT2D eigenvalue weighted by atomic mass is 9.95. The number of benzene rings is 2. The number of amides is 1. The number of aliphatic hydroxyl groups is 1. The number of likely N-dealkylation sites (N-methyl/N-ethyl adjacent to an activating group) is 1. The maximum atomic E-state index is 13.2. The van der Waals surface area contributed by atoms with Gasteiger partial charge in [0.05, 0.1) is 25.3 Å². The average Bonchev–Trinajstić information content (AvgIpc) is 3.14. The molecule has 36 heavy (non-hydrogen) atoms. The van der Waals surface area contributed by atoms with Gasteiger partial charge in [0, 0.05) is 18.7 Å². The number of hydrogen-bond acceptors (Lipinski definition) is 7. The van der Waals surface area contributed by atoms with Crippen molar-refractivity contribution in [1.29, 1.82) is 0 Å². The molecule has 1 aliphatic rings. The molecule has 0 spiro atoms. The molecule has 1 amide bonds. The minimum atomic E-state index is -0.824. The average molecular weight is 497 g/mol. The number of unbranched alkanes of at least 4 members (excludes halogenated alkanes) is 1. The molecular weight excluding hydrogens is 460 g/mol. The summed E-state index contributed by atoms with van der Waals surface area (Å²) in [5, 5.41) is 21.4. The second kappa shape index (κ2) is 12.4. The minimum absolute atomic E-state index is 0.00643. The lowest BCUT2D eigenvalue weighted by Gasteiger charge is -2.28. The van der Waals surface area contributed by atoms with Crippen molar-refractivity contribution in [1.82, 2.24) is 9.80 Å². The number of carbonyl (C=O) groups excluding carboxylic acids is 2. The topological polar surface area (TPSA) is 99.5 Å². The molecule has 194 valence electrons. The second-order valence-electron chi connectivity index (χ2n) is 8.68. The smallest absolute Gasteiger partial charge is 0.295 e. The van der Waals surface area contributed by atoms with E-state index in [9.17, 15) is 19.8 Å². The van der Waals surface area contributed by atoms with E-state index >= 15 is 0 Å². The molecule has 1 aliphatic heterocycles. The number of phenolic OH excluding ortho intramolecular Hbond substituents is 1. The number of phenols is 1. The predicted molar refractivity (Wildman–Crippen MR) is 138 cm³/mol. The quantitative estimate of drug-likeness (QED) is 0.195. The Balaban J connectivity index is 2.04. The van der Waals surface area contributed by atoms with Gasteiger partial charge in [-0.15, -0.1) is 0 Å². The van der Waals surface area contributed by atoms with Crippen LogP contribution in [0, 0.1) is 0 Å². The van der Waals surface area contributed by atoms with E-state index in [4.69, 9.17) is 9.47 Å². The molecule has 0 unspecified atom stereocenters. The molecular formula is C28H36N2O6. The third kappa shape index (κ3) is 5.82. The van der Waals surface area contributed by atoms with E-state index in [1.807, 2.05) is 13.8 Å². The first-order chi connectivity index (χ1) is 17.4. The summed E-state index contributed by atoms with van der Waals surface area (Å²) < 4.78 is 11.0. The first-order valence-corrected chi connectivity index (χ1v) is 12.5. The third-order valence-corrected chi connectivity index (χ3v) is 6.51. The normalized spacial score (nSPS) is 17.1. The van der Waals surface area contributed by atoms with Crippen LogP contribution in [0.25, 0.3) is 5.76 Å². The van der Waals surface area contributed by atoms with Crippen LogP contribution in [0.5, 0.6) is 17.2 Å². The van der Waals surface area contributed by atoms with Gasteiger partial charge in [-0.05, 0) is 61.5 Å². The molecule has 2 N–H and O–H groups in total. The Morgan fingerprint density at radius 3 is 2.36 bits per heavy atom. The Hall–Kier alpha value is -3.52. The van der Waals surface area contributed by atoms with Crippen LogP contribution in [-0.2, 0) is 9.59 Å². The number of nitrogens with zero attached hydrogens (tertiary/aromatic N) is 2. The fourth-order valence-electron chi connectivity index (χ4n) is 4.31. The Kier molecular flexibility index (Phi) is 9.36. The number of aliphatic hydroxyl groups excluding tert-OH is 1. The summed E-state index contributed by atoms with van der Waals surface area (Å²) in [5.41, 5.74) is 0.978. The molecule has 2 aromatic rings. The van der Waals surface area contributed by atoms with Crippen LogP contribution >= 0.6 is 0 Å². The van der Waals surface area contributed by atoms with Crippen LogP contribution in [0.3, 0.4) is 0 Å². The second-order valence-corrected chi connectivity index (χ2v) is 8.68. The molecule has 1 saturated heterocycles. The number of ether oxygens (including phenoxy) is 2. The SMILES string of the molecule is CCCCOc1ccc(C(O)=C2C(=O)C(=O)N(CCN(CC)CC)[C@@H]2c2ccc(O)c(OC)c2)cc1. The largest absolute Gasteiger partial charge is 0.507 e. The number of carbonyl (C=O) groups is 2. The Morgan fingerprint density at radius 1 is 1.06 bits per heavy atom. The summed E-state index contributed by atoms with van der Waals surface area (Å²) in [6.07, 6.45) is 1.96. The van der Waals surface area contributed by atoms with Crippen molar-refractivity contribution in [2.24, 2.45) is 0 Å². The van der Waals surface area contributed by atoms with E-state index in [0.717, 1.165) is 25.9 Å². The van der Waals surface area contributed by atoms with E-state index in [1.165, 1.54) is 18.1 Å². The highest BCUT2D eigenvalue weighted by molar-refractivity contribution is 6.46. The van der Waals surface area contributed by atoms with E-state index in [1.54, 1.807) is 36.4 Å². The van der Waals surface area contributed by atoms with Crippen molar-refractivity contribution >= 4 is 17.4 Å². The minimum Gasteiger partial charge on any atom is -0.507 e. The van der Waals surface area contributed by atoms with Gasteiger partial charge < -0.3 is 29.5 Å². The Morgan fingerprint density at radius 2 is 1.75 bits per heavy atom. The summed E-state index contributed by atoms with van der Waals surface area (Å²) in [6, 6.07) is 10.7. The van der Waals surface area contributed by atoms with Gasteiger partial charge in [-0.3, -0.25) is 9.59 Å². The van der Waals surface area contributed by atoms with Gasteiger partial charge in [-0.2, -0.15) is 0 Å². The molecule has 0 aliphatic carbocycles. The zero-order valence-electron chi connectivity index (χ0n) is 21.5. The van der Waals surface area contributed by atoms with E-state index in [-0.39, 0.29) is 22.8 Å². The zero-order valence-corrected chi connectivity index (χ0v) is 21.5. The van der Waals surface area contributed by atoms with Gasteiger partial charge in [0.1, 0.15) is 11.5 Å². The summed E-state index contributed by atoms with van der Waals surface area (Å²) in [6.45, 7) is 9.27. The number of Topliss-reactive ketones (excluding diaryl/α,β-unsaturated/α-hetero) is 1. The van der Waals surface area contributed by atoms with Gasteiger partial charge in [0.25, 0.3) is 11.7 Å². The maximum absolute atomic E-state index is 13.2. The Labute approximate surface area is 212 Å². The Bertz CT molecular complexity index is 1090. The van der Waals surface area contributed by atoms with Gasteiger partial charge in [0.2, 0.25) is 0 Å². The molecule has 0 aromatic heterocycles. The number of likely N-dealkylation sites (tertiary alicyclic amines) is 1. The van der Waals surface area contributed by atoms with Crippen LogP contribution in [0.4, 0.5) is 0 Å². The van der Waals surface area contributed by atoms with Crippen molar-refractivity contribution in [3.63, 3.8) is 0 Å². The summed E-state index contributed by atoms with van der Waals surface area (Å²) in [5.74, 6) is -0.835. The third-order valence-electron chi connectivity index (χ3n) is 6.51. The maximum Gasteiger partial charge on any atom is 0.295 e. The highest BCUT2D eigenvalue weighted by Crippen LogP contribution is 2.41. The zero-order chi connectivity index (χ0) is 26.2. The lowest BCUT2D eigenvalue weighted by molar-refractivity contribution is -0.140. The molecule has 0 saturated carbocycles.